The van der Waals surface area contributed by atoms with Crippen LogP contribution < -0.4 is 4.90 Å². The summed E-state index contributed by atoms with van der Waals surface area (Å²) in [6, 6.07) is 16.1. The summed E-state index contributed by atoms with van der Waals surface area (Å²) in [5.41, 5.74) is 1.71. The van der Waals surface area contributed by atoms with Gasteiger partial charge in [0, 0.05) is 37.5 Å². The Hall–Kier alpha value is -2.55. The summed E-state index contributed by atoms with van der Waals surface area (Å²) in [7, 11) is -3.35. The highest BCUT2D eigenvalue weighted by Gasteiger charge is 2.44. The monoisotopic (exact) mass is 494 g/mol. The van der Waals surface area contributed by atoms with Gasteiger partial charge >= 0.3 is 6.18 Å². The van der Waals surface area contributed by atoms with Crippen LogP contribution in [-0.2, 0) is 14.6 Å². The average molecular weight is 495 g/mol. The fraction of sp³-hybridized carbons (Fsp3) is 0.480. The summed E-state index contributed by atoms with van der Waals surface area (Å²) in [6.07, 6.45) is -2.54. The normalized spacial score (nSPS) is 24.2. The number of alkyl halides is 3. The number of carbonyl (C=O) groups is 1. The molecule has 34 heavy (non-hydrogen) atoms. The van der Waals surface area contributed by atoms with Crippen LogP contribution in [0.25, 0.3) is 0 Å². The van der Waals surface area contributed by atoms with Crippen LogP contribution in [0, 0.1) is 11.8 Å². The Bertz CT molecular complexity index is 1110. The number of piperazine rings is 1. The maximum atomic E-state index is 13.5. The zero-order valence-electron chi connectivity index (χ0n) is 19.0. The lowest BCUT2D eigenvalue weighted by Crippen LogP contribution is -2.52. The Kier molecular flexibility index (Phi) is 6.94. The first-order valence-electron chi connectivity index (χ1n) is 11.5. The highest BCUT2D eigenvalue weighted by atomic mass is 32.2. The third kappa shape index (κ3) is 5.40. The number of anilines is 1. The van der Waals surface area contributed by atoms with Crippen molar-refractivity contribution in [3.8, 4) is 0 Å². The van der Waals surface area contributed by atoms with Gasteiger partial charge in [-0.15, -0.1) is 0 Å². The van der Waals surface area contributed by atoms with Crippen LogP contribution in [0.1, 0.15) is 37.3 Å². The third-order valence-electron chi connectivity index (χ3n) is 7.00. The van der Waals surface area contributed by atoms with Crippen LogP contribution in [-0.4, -0.2) is 51.3 Å². The molecular weight excluding hydrogens is 465 g/mol. The number of amides is 1. The number of rotatable bonds is 4. The van der Waals surface area contributed by atoms with Gasteiger partial charge in [-0.1, -0.05) is 36.4 Å². The first-order valence-corrected chi connectivity index (χ1v) is 13.4. The maximum absolute atomic E-state index is 13.5. The highest BCUT2D eigenvalue weighted by molar-refractivity contribution is 7.90. The van der Waals surface area contributed by atoms with E-state index in [0.717, 1.165) is 11.3 Å². The fourth-order valence-electron chi connectivity index (χ4n) is 5.05. The topological polar surface area (TPSA) is 57.7 Å². The number of sulfone groups is 1. The van der Waals surface area contributed by atoms with Crippen LogP contribution in [0.15, 0.2) is 59.5 Å². The largest absolute Gasteiger partial charge is 0.391 e. The molecule has 1 heterocycles. The van der Waals surface area contributed by atoms with Gasteiger partial charge in [-0.05, 0) is 49.4 Å². The van der Waals surface area contributed by atoms with E-state index in [4.69, 9.17) is 0 Å². The van der Waals surface area contributed by atoms with Crippen molar-refractivity contribution in [3.05, 3.63) is 60.2 Å². The summed E-state index contributed by atoms with van der Waals surface area (Å²) in [4.78, 5) is 17.6. The molecule has 0 N–H and O–H groups in total. The Morgan fingerprint density at radius 3 is 2.24 bits per heavy atom. The van der Waals surface area contributed by atoms with Crippen molar-refractivity contribution in [1.82, 2.24) is 4.90 Å². The average Bonchev–Trinajstić information content (AvgIpc) is 2.83. The van der Waals surface area contributed by atoms with Crippen molar-refractivity contribution in [2.24, 2.45) is 11.8 Å². The first kappa shape index (κ1) is 24.6. The van der Waals surface area contributed by atoms with E-state index in [1.54, 1.807) is 18.2 Å². The molecule has 1 saturated carbocycles. The van der Waals surface area contributed by atoms with Gasteiger partial charge in [0.15, 0.2) is 9.84 Å². The predicted octanol–water partition coefficient (Wildman–Crippen LogP) is 4.85. The number of hydrogen-bond acceptors (Lipinski definition) is 4. The van der Waals surface area contributed by atoms with Crippen molar-refractivity contribution < 1.29 is 26.4 Å². The molecule has 1 saturated heterocycles. The SMILES string of the molecule is CS(=O)(=O)c1cccc(N2CCN(C(=O)C3CCC(C(F)(F)F)CC3)[C@@H](c3ccccc3)C2)c1. The molecule has 0 bridgehead atoms. The van der Waals surface area contributed by atoms with E-state index in [0.29, 0.717) is 19.6 Å². The molecule has 1 atom stereocenters. The zero-order valence-corrected chi connectivity index (χ0v) is 19.9. The van der Waals surface area contributed by atoms with E-state index in [9.17, 15) is 26.4 Å². The Morgan fingerprint density at radius 1 is 0.941 bits per heavy atom. The molecule has 0 aromatic heterocycles. The minimum absolute atomic E-state index is 0.00579. The van der Waals surface area contributed by atoms with E-state index in [-0.39, 0.29) is 42.5 Å². The summed E-state index contributed by atoms with van der Waals surface area (Å²) < 4.78 is 63.3. The second-order valence-corrected chi connectivity index (χ2v) is 11.3. The molecule has 1 aliphatic carbocycles. The van der Waals surface area contributed by atoms with Crippen molar-refractivity contribution in [2.75, 3.05) is 30.8 Å². The van der Waals surface area contributed by atoms with Crippen LogP contribution in [0.4, 0.5) is 18.9 Å². The molecule has 1 aliphatic heterocycles. The molecule has 1 amide bonds. The number of halogens is 3. The highest BCUT2D eigenvalue weighted by Crippen LogP contribution is 2.41. The summed E-state index contributed by atoms with van der Waals surface area (Å²) >= 11 is 0. The zero-order chi connectivity index (χ0) is 24.5. The minimum Gasteiger partial charge on any atom is -0.367 e. The van der Waals surface area contributed by atoms with Crippen molar-refractivity contribution in [3.63, 3.8) is 0 Å². The van der Waals surface area contributed by atoms with Crippen LogP contribution in [0.2, 0.25) is 0 Å². The first-order chi connectivity index (χ1) is 16.0. The summed E-state index contributed by atoms with van der Waals surface area (Å²) in [5, 5.41) is 0. The molecule has 2 aromatic carbocycles. The van der Waals surface area contributed by atoms with Gasteiger partial charge in [-0.25, -0.2) is 8.42 Å². The van der Waals surface area contributed by atoms with Gasteiger partial charge in [0.2, 0.25) is 5.91 Å². The molecular formula is C25H29F3N2O3S. The van der Waals surface area contributed by atoms with Gasteiger partial charge in [-0.3, -0.25) is 4.79 Å². The van der Waals surface area contributed by atoms with Gasteiger partial charge in [0.25, 0.3) is 0 Å². The lowest BCUT2D eigenvalue weighted by molar-refractivity contribution is -0.185. The van der Waals surface area contributed by atoms with E-state index >= 15 is 0 Å². The van der Waals surface area contributed by atoms with Gasteiger partial charge < -0.3 is 9.80 Å². The van der Waals surface area contributed by atoms with Crippen molar-refractivity contribution in [2.45, 2.75) is 42.8 Å². The third-order valence-corrected chi connectivity index (χ3v) is 8.11. The van der Waals surface area contributed by atoms with Crippen molar-refractivity contribution >= 4 is 21.4 Å². The predicted molar refractivity (Wildman–Crippen MR) is 124 cm³/mol. The lowest BCUT2D eigenvalue weighted by Gasteiger charge is -2.44. The molecule has 184 valence electrons. The minimum atomic E-state index is -4.20. The molecule has 0 unspecified atom stereocenters. The van der Waals surface area contributed by atoms with Crippen molar-refractivity contribution in [1.29, 1.82) is 0 Å². The lowest BCUT2D eigenvalue weighted by atomic mass is 9.80. The van der Waals surface area contributed by atoms with E-state index in [1.807, 2.05) is 41.3 Å². The van der Waals surface area contributed by atoms with E-state index < -0.39 is 27.8 Å². The fourth-order valence-corrected chi connectivity index (χ4v) is 5.72. The molecule has 9 heteroatoms. The molecule has 2 aliphatic rings. The Labute approximate surface area is 198 Å². The second-order valence-electron chi connectivity index (χ2n) is 9.26. The smallest absolute Gasteiger partial charge is 0.367 e. The second kappa shape index (κ2) is 9.60. The van der Waals surface area contributed by atoms with Crippen LogP contribution >= 0.6 is 0 Å². The maximum Gasteiger partial charge on any atom is 0.391 e. The quantitative estimate of drug-likeness (QED) is 0.610. The summed E-state index contributed by atoms with van der Waals surface area (Å²) in [6.45, 7) is 1.40. The van der Waals surface area contributed by atoms with E-state index in [2.05, 4.69) is 4.90 Å². The van der Waals surface area contributed by atoms with Crippen LogP contribution in [0.3, 0.4) is 0 Å². The molecule has 0 spiro atoms. The van der Waals surface area contributed by atoms with Gasteiger partial charge in [-0.2, -0.15) is 13.2 Å². The van der Waals surface area contributed by atoms with Gasteiger partial charge in [0.05, 0.1) is 16.9 Å². The van der Waals surface area contributed by atoms with E-state index in [1.165, 1.54) is 6.26 Å². The molecule has 2 aromatic rings. The van der Waals surface area contributed by atoms with Crippen LogP contribution in [0.5, 0.6) is 0 Å². The molecule has 0 radical (unpaired) electrons. The van der Waals surface area contributed by atoms with Gasteiger partial charge in [0.1, 0.15) is 0 Å². The number of carbonyl (C=O) groups excluding carboxylic acids is 1. The molecule has 4 rings (SSSR count). The number of hydrogen-bond donors (Lipinski definition) is 0. The number of nitrogens with zero attached hydrogens (tertiary/aromatic N) is 2. The number of benzene rings is 2. The summed E-state index contributed by atoms with van der Waals surface area (Å²) in [5.74, 6) is -1.80. The standard InChI is InChI=1S/C25H29F3N2O3S/c1-34(32,33)22-9-5-8-21(16-22)29-14-15-30(23(17-29)18-6-3-2-4-7-18)24(31)19-10-12-20(13-11-19)25(26,27)28/h2-9,16,19-20,23H,10-15,17H2,1H3/t19?,20?,23-/m1/s1. The molecule has 5 nitrogen and oxygen atoms in total. The Balaban J connectivity index is 1.55. The molecule has 2 fully saturated rings. The Morgan fingerprint density at radius 2 is 1.62 bits per heavy atom.